The molecule has 2 heterocycles. The van der Waals surface area contributed by atoms with Crippen molar-refractivity contribution in [1.82, 2.24) is 4.90 Å². The maximum atomic E-state index is 14.0. The Balaban J connectivity index is 1.40. The molecule has 31 heavy (non-hydrogen) atoms. The molecule has 2 unspecified atom stereocenters. The number of nitrogens with zero attached hydrogens (tertiary/aromatic N) is 1. The van der Waals surface area contributed by atoms with Gasteiger partial charge in [0.05, 0.1) is 0 Å². The fraction of sp³-hybridized carbons (Fsp3) is 0.417. The zero-order chi connectivity index (χ0) is 22.0. The standard InChI is InChI=1S/C24H24F3NO3/c25-20-10-9-16(22(26)23(20)27)13-21(29)17-11-18-7-4-8-19(12-17)28(18)24(30)31-14-15-5-2-1-3-6-15/h1-3,5-6,9-10,17-19H,4,7-8,11-14H2. The van der Waals surface area contributed by atoms with Gasteiger partial charge in [0.2, 0.25) is 0 Å². The molecule has 2 bridgehead atoms. The highest BCUT2D eigenvalue weighted by atomic mass is 19.2. The quantitative estimate of drug-likeness (QED) is 0.613. The molecule has 7 heteroatoms. The summed E-state index contributed by atoms with van der Waals surface area (Å²) in [6.07, 6.45) is 2.81. The number of Topliss-reactive ketones (excluding diaryl/α,β-unsaturated/α-hetero) is 1. The van der Waals surface area contributed by atoms with Crippen LogP contribution >= 0.6 is 0 Å². The fourth-order valence-corrected chi connectivity index (χ4v) is 4.77. The zero-order valence-corrected chi connectivity index (χ0v) is 17.0. The van der Waals surface area contributed by atoms with Gasteiger partial charge in [-0.05, 0) is 49.3 Å². The Kier molecular flexibility index (Phi) is 6.30. The average Bonchev–Trinajstić information content (AvgIpc) is 2.77. The minimum Gasteiger partial charge on any atom is -0.445 e. The Morgan fingerprint density at radius 3 is 2.29 bits per heavy atom. The van der Waals surface area contributed by atoms with Crippen molar-refractivity contribution in [3.63, 3.8) is 0 Å². The SMILES string of the molecule is O=C(Cc1ccc(F)c(F)c1F)C1CC2CCCC(C1)N2C(=O)OCc1ccccc1. The Morgan fingerprint density at radius 1 is 0.935 bits per heavy atom. The molecule has 164 valence electrons. The molecule has 2 aromatic rings. The van der Waals surface area contributed by atoms with Crippen molar-refractivity contribution in [3.8, 4) is 0 Å². The van der Waals surface area contributed by atoms with E-state index in [0.717, 1.165) is 37.0 Å². The maximum absolute atomic E-state index is 14.0. The van der Waals surface area contributed by atoms with Crippen LogP contribution in [0.1, 0.15) is 43.2 Å². The zero-order valence-electron chi connectivity index (χ0n) is 17.0. The Labute approximate surface area is 179 Å². The van der Waals surface area contributed by atoms with Crippen LogP contribution in [-0.2, 0) is 22.6 Å². The van der Waals surface area contributed by atoms with Crippen LogP contribution in [0.25, 0.3) is 0 Å². The number of halogens is 3. The molecule has 0 aliphatic carbocycles. The van der Waals surface area contributed by atoms with Gasteiger partial charge in [0.15, 0.2) is 17.5 Å². The summed E-state index contributed by atoms with van der Waals surface area (Å²) in [7, 11) is 0. The van der Waals surface area contributed by atoms with E-state index >= 15 is 0 Å². The highest BCUT2D eigenvalue weighted by Gasteiger charge is 2.43. The van der Waals surface area contributed by atoms with Crippen LogP contribution in [0.3, 0.4) is 0 Å². The Hall–Kier alpha value is -2.83. The van der Waals surface area contributed by atoms with Gasteiger partial charge in [0, 0.05) is 24.4 Å². The van der Waals surface area contributed by atoms with Crippen molar-refractivity contribution in [1.29, 1.82) is 0 Å². The van der Waals surface area contributed by atoms with Gasteiger partial charge >= 0.3 is 6.09 Å². The second-order valence-corrected chi connectivity index (χ2v) is 8.33. The van der Waals surface area contributed by atoms with Crippen molar-refractivity contribution in [2.75, 3.05) is 0 Å². The van der Waals surface area contributed by atoms with Crippen molar-refractivity contribution in [2.24, 2.45) is 5.92 Å². The summed E-state index contributed by atoms with van der Waals surface area (Å²) in [6.45, 7) is 0.188. The third-order valence-electron chi connectivity index (χ3n) is 6.33. The lowest BCUT2D eigenvalue weighted by Gasteiger charge is -2.47. The molecule has 2 aromatic carbocycles. The van der Waals surface area contributed by atoms with Crippen LogP contribution in [0.4, 0.5) is 18.0 Å². The highest BCUT2D eigenvalue weighted by molar-refractivity contribution is 5.84. The summed E-state index contributed by atoms with van der Waals surface area (Å²) in [5, 5.41) is 0. The van der Waals surface area contributed by atoms with Gasteiger partial charge in [-0.1, -0.05) is 36.4 Å². The number of rotatable bonds is 5. The Morgan fingerprint density at radius 2 is 1.61 bits per heavy atom. The van der Waals surface area contributed by atoms with Crippen LogP contribution in [0.5, 0.6) is 0 Å². The second-order valence-electron chi connectivity index (χ2n) is 8.33. The third-order valence-corrected chi connectivity index (χ3v) is 6.33. The Bertz CT molecular complexity index is 952. The van der Waals surface area contributed by atoms with E-state index in [2.05, 4.69) is 0 Å². The number of carbonyl (C=O) groups is 2. The molecule has 0 N–H and O–H groups in total. The summed E-state index contributed by atoms with van der Waals surface area (Å²) < 4.78 is 46.1. The third kappa shape index (κ3) is 4.60. The van der Waals surface area contributed by atoms with E-state index in [0.29, 0.717) is 12.8 Å². The van der Waals surface area contributed by atoms with Gasteiger partial charge in [-0.25, -0.2) is 18.0 Å². The van der Waals surface area contributed by atoms with E-state index in [-0.39, 0.29) is 48.5 Å². The fourth-order valence-electron chi connectivity index (χ4n) is 4.77. The maximum Gasteiger partial charge on any atom is 0.410 e. The molecule has 0 saturated carbocycles. The van der Waals surface area contributed by atoms with Gasteiger partial charge < -0.3 is 9.64 Å². The summed E-state index contributed by atoms with van der Waals surface area (Å²) in [5.74, 6) is -4.70. The molecule has 2 saturated heterocycles. The molecular formula is C24H24F3NO3. The lowest BCUT2D eigenvalue weighted by molar-refractivity contribution is -0.126. The highest BCUT2D eigenvalue weighted by Crippen LogP contribution is 2.38. The smallest absolute Gasteiger partial charge is 0.410 e. The number of ketones is 1. The second kappa shape index (κ2) is 9.12. The largest absolute Gasteiger partial charge is 0.445 e. The van der Waals surface area contributed by atoms with Gasteiger partial charge in [-0.2, -0.15) is 0 Å². The van der Waals surface area contributed by atoms with Crippen molar-refractivity contribution < 1.29 is 27.5 Å². The number of piperidine rings is 2. The first kappa shape index (κ1) is 21.4. The minimum absolute atomic E-state index is 0.112. The van der Waals surface area contributed by atoms with Crippen LogP contribution < -0.4 is 0 Å². The predicted octanol–water partition coefficient (Wildman–Crippen LogP) is 5.19. The van der Waals surface area contributed by atoms with Crippen molar-refractivity contribution >= 4 is 11.9 Å². The summed E-state index contributed by atoms with van der Waals surface area (Å²) in [6, 6.07) is 11.1. The van der Waals surface area contributed by atoms with E-state index < -0.39 is 17.5 Å². The first-order valence-corrected chi connectivity index (χ1v) is 10.6. The van der Waals surface area contributed by atoms with Crippen LogP contribution in [0.15, 0.2) is 42.5 Å². The average molecular weight is 431 g/mol. The molecule has 0 aromatic heterocycles. The molecule has 1 amide bonds. The normalized spacial score (nSPS) is 22.8. The number of benzene rings is 2. The number of hydrogen-bond acceptors (Lipinski definition) is 3. The first-order valence-electron chi connectivity index (χ1n) is 10.6. The first-order chi connectivity index (χ1) is 14.9. The van der Waals surface area contributed by atoms with Crippen molar-refractivity contribution in [3.05, 3.63) is 71.0 Å². The number of hydrogen-bond donors (Lipinski definition) is 0. The number of amides is 1. The van der Waals surface area contributed by atoms with E-state index in [9.17, 15) is 22.8 Å². The van der Waals surface area contributed by atoms with Crippen LogP contribution in [-0.4, -0.2) is 28.9 Å². The lowest BCUT2D eigenvalue weighted by Crippen LogP contribution is -2.55. The summed E-state index contributed by atoms with van der Waals surface area (Å²) >= 11 is 0. The van der Waals surface area contributed by atoms with E-state index in [4.69, 9.17) is 4.74 Å². The summed E-state index contributed by atoms with van der Waals surface area (Å²) in [5.41, 5.74) is 0.762. The topological polar surface area (TPSA) is 46.6 Å². The molecule has 2 atom stereocenters. The number of fused-ring (bicyclic) bond motifs is 2. The van der Waals surface area contributed by atoms with E-state index in [1.807, 2.05) is 30.3 Å². The van der Waals surface area contributed by atoms with E-state index in [1.54, 1.807) is 4.90 Å². The molecule has 0 radical (unpaired) electrons. The van der Waals surface area contributed by atoms with E-state index in [1.165, 1.54) is 0 Å². The van der Waals surface area contributed by atoms with Gasteiger partial charge in [0.25, 0.3) is 0 Å². The monoisotopic (exact) mass is 431 g/mol. The van der Waals surface area contributed by atoms with Crippen molar-refractivity contribution in [2.45, 2.75) is 57.2 Å². The van der Waals surface area contributed by atoms with Crippen LogP contribution in [0, 0.1) is 23.4 Å². The number of carbonyl (C=O) groups excluding carboxylic acids is 2. The number of ether oxygens (including phenoxy) is 1. The van der Waals surface area contributed by atoms with Crippen LogP contribution in [0.2, 0.25) is 0 Å². The van der Waals surface area contributed by atoms with Gasteiger partial charge in [0.1, 0.15) is 12.4 Å². The molecule has 0 spiro atoms. The molecule has 2 fully saturated rings. The molecule has 2 aliphatic heterocycles. The van der Waals surface area contributed by atoms with Gasteiger partial charge in [-0.15, -0.1) is 0 Å². The predicted molar refractivity (Wildman–Crippen MR) is 108 cm³/mol. The molecule has 4 nitrogen and oxygen atoms in total. The van der Waals surface area contributed by atoms with Gasteiger partial charge in [-0.3, -0.25) is 4.79 Å². The molecule has 4 rings (SSSR count). The lowest BCUT2D eigenvalue weighted by atomic mass is 9.76. The summed E-state index contributed by atoms with van der Waals surface area (Å²) in [4.78, 5) is 27.3. The minimum atomic E-state index is -1.56. The molecule has 2 aliphatic rings. The molecular weight excluding hydrogens is 407 g/mol.